The third-order valence-corrected chi connectivity index (χ3v) is 6.47. The number of imidazole rings is 1. The van der Waals surface area contributed by atoms with E-state index in [1.54, 1.807) is 0 Å². The molecule has 4 nitrogen and oxygen atoms in total. The zero-order chi connectivity index (χ0) is 20.1. The molecule has 0 spiro atoms. The summed E-state index contributed by atoms with van der Waals surface area (Å²) in [7, 11) is 0. The van der Waals surface area contributed by atoms with Gasteiger partial charge < -0.3 is 21.7 Å². The number of aromatic nitrogens is 2. The number of ketones is 1. The smallest absolute Gasteiger partial charge is 0.244 e. The van der Waals surface area contributed by atoms with Gasteiger partial charge in [-0.15, -0.1) is 0 Å². The van der Waals surface area contributed by atoms with Crippen LogP contribution in [0.25, 0.3) is 10.8 Å². The van der Waals surface area contributed by atoms with E-state index < -0.39 is 0 Å². The van der Waals surface area contributed by atoms with Crippen molar-refractivity contribution in [1.29, 1.82) is 0 Å². The number of hydrogen-bond acceptors (Lipinski definition) is 2. The van der Waals surface area contributed by atoms with Gasteiger partial charge in [0, 0.05) is 17.5 Å². The average molecular weight is 475 g/mol. The summed E-state index contributed by atoms with van der Waals surface area (Å²) in [6.45, 7) is 1.14. The summed E-state index contributed by atoms with van der Waals surface area (Å²) in [6.07, 6.45) is 9.36. The van der Waals surface area contributed by atoms with Crippen molar-refractivity contribution < 1.29 is 31.1 Å². The Kier molecular flexibility index (Phi) is 5.14. The largest absolute Gasteiger partial charge is 1.00 e. The highest BCUT2D eigenvalue weighted by Gasteiger charge is 2.30. The molecule has 0 fully saturated rings. The SMILES string of the molecule is O=C(C[n+]1ccn(C2CCc3cc4c(cc32)OCC4)c1)c1ccc2ccccc2c1.[Br-]. The number of nitrogens with zero attached hydrogens (tertiary/aromatic N) is 2. The average Bonchev–Trinajstić information content (AvgIpc) is 3.51. The van der Waals surface area contributed by atoms with E-state index in [1.807, 2.05) is 47.2 Å². The van der Waals surface area contributed by atoms with Gasteiger partial charge in [-0.1, -0.05) is 42.5 Å². The summed E-state index contributed by atoms with van der Waals surface area (Å²) in [4.78, 5) is 12.9. The van der Waals surface area contributed by atoms with Gasteiger partial charge in [-0.25, -0.2) is 9.13 Å². The molecular weight excluding hydrogens is 452 g/mol. The van der Waals surface area contributed by atoms with Gasteiger partial charge in [0.15, 0.2) is 6.54 Å². The van der Waals surface area contributed by atoms with Crippen LogP contribution in [0.2, 0.25) is 0 Å². The van der Waals surface area contributed by atoms with Crippen LogP contribution in [0.15, 0.2) is 73.3 Å². The highest BCUT2D eigenvalue weighted by atomic mass is 79.9. The first kappa shape index (κ1) is 20.0. The maximum atomic E-state index is 12.9. The molecule has 5 heteroatoms. The van der Waals surface area contributed by atoms with E-state index >= 15 is 0 Å². The van der Waals surface area contributed by atoms with Gasteiger partial charge in [-0.3, -0.25) is 4.79 Å². The molecule has 31 heavy (non-hydrogen) atoms. The minimum atomic E-state index is 0. The maximum Gasteiger partial charge on any atom is 0.244 e. The van der Waals surface area contributed by atoms with Crippen LogP contribution in [0.1, 0.15) is 39.5 Å². The fourth-order valence-corrected chi connectivity index (χ4v) is 4.88. The number of fused-ring (bicyclic) bond motifs is 3. The fraction of sp³-hybridized carbons (Fsp3) is 0.231. The van der Waals surface area contributed by atoms with E-state index in [2.05, 4.69) is 35.3 Å². The van der Waals surface area contributed by atoms with Crippen molar-refractivity contribution in [1.82, 2.24) is 4.57 Å². The van der Waals surface area contributed by atoms with E-state index in [-0.39, 0.29) is 22.8 Å². The molecule has 1 aliphatic heterocycles. The normalized spacial score (nSPS) is 16.5. The highest BCUT2D eigenvalue weighted by Crippen LogP contribution is 2.39. The Morgan fingerprint density at radius 3 is 2.81 bits per heavy atom. The van der Waals surface area contributed by atoms with Crippen molar-refractivity contribution in [2.75, 3.05) is 6.61 Å². The van der Waals surface area contributed by atoms with E-state index in [0.29, 0.717) is 12.6 Å². The molecule has 3 aromatic carbocycles. The number of rotatable bonds is 4. The molecule has 0 N–H and O–H groups in total. The van der Waals surface area contributed by atoms with Gasteiger partial charge in [0.25, 0.3) is 0 Å². The Hall–Kier alpha value is -2.92. The number of halogens is 1. The summed E-state index contributed by atoms with van der Waals surface area (Å²) in [5.41, 5.74) is 4.90. The van der Waals surface area contributed by atoms with Crippen LogP contribution in [-0.4, -0.2) is 17.0 Å². The molecule has 0 amide bonds. The van der Waals surface area contributed by atoms with Gasteiger partial charge in [0.05, 0.1) is 6.61 Å². The lowest BCUT2D eigenvalue weighted by atomic mass is 10.0. The molecule has 4 aromatic rings. The molecule has 156 valence electrons. The maximum absolute atomic E-state index is 12.9. The summed E-state index contributed by atoms with van der Waals surface area (Å²) < 4.78 is 10.0. The number of hydrogen-bond donors (Lipinski definition) is 0. The number of carbonyl (C=O) groups is 1. The van der Waals surface area contributed by atoms with Crippen LogP contribution in [0.5, 0.6) is 5.75 Å². The number of ether oxygens (including phenoxy) is 1. The molecule has 1 aliphatic carbocycles. The third kappa shape index (κ3) is 3.57. The van der Waals surface area contributed by atoms with Crippen molar-refractivity contribution in [3.05, 3.63) is 95.6 Å². The standard InChI is InChI=1S/C26H23N2O2.BrH/c29-25(21-6-5-18-3-1-2-4-19(18)13-21)16-27-10-11-28(17-27)24-8-7-20-14-22-9-12-30-26(22)15-23(20)24;/h1-6,10-11,13-15,17,24H,7-9,12,16H2;1H/q+1;/p-1. The molecule has 1 aromatic heterocycles. The topological polar surface area (TPSA) is 35.1 Å². The van der Waals surface area contributed by atoms with Crippen LogP contribution in [0.4, 0.5) is 0 Å². The molecule has 2 heterocycles. The second kappa shape index (κ2) is 7.97. The first-order valence-electron chi connectivity index (χ1n) is 10.6. The van der Waals surface area contributed by atoms with E-state index in [9.17, 15) is 4.79 Å². The summed E-state index contributed by atoms with van der Waals surface area (Å²) in [5, 5.41) is 2.26. The van der Waals surface area contributed by atoms with Crippen LogP contribution < -0.4 is 26.3 Å². The summed E-state index contributed by atoms with van der Waals surface area (Å²) >= 11 is 0. The first-order valence-corrected chi connectivity index (χ1v) is 10.6. The first-order chi connectivity index (χ1) is 14.7. The van der Waals surface area contributed by atoms with Gasteiger partial charge in [-0.05, 0) is 46.9 Å². The minimum Gasteiger partial charge on any atom is -1.00 e. The number of Topliss-reactive ketones (excluding diaryl/α,β-unsaturated/α-hetero) is 1. The Morgan fingerprint density at radius 2 is 1.90 bits per heavy atom. The predicted molar refractivity (Wildman–Crippen MR) is 115 cm³/mol. The van der Waals surface area contributed by atoms with Gasteiger partial charge in [0.1, 0.15) is 24.2 Å². The van der Waals surface area contributed by atoms with Crippen LogP contribution >= 0.6 is 0 Å². The van der Waals surface area contributed by atoms with Crippen molar-refractivity contribution in [3.8, 4) is 5.75 Å². The Bertz CT molecular complexity index is 1290. The van der Waals surface area contributed by atoms with E-state index in [0.717, 1.165) is 48.0 Å². The molecule has 0 saturated carbocycles. The quantitative estimate of drug-likeness (QED) is 0.330. The van der Waals surface area contributed by atoms with Crippen molar-refractivity contribution in [2.45, 2.75) is 31.8 Å². The lowest BCUT2D eigenvalue weighted by molar-refractivity contribution is -0.682. The fourth-order valence-electron chi connectivity index (χ4n) is 4.88. The molecular formula is C26H23BrN2O2. The zero-order valence-electron chi connectivity index (χ0n) is 17.1. The van der Waals surface area contributed by atoms with Crippen LogP contribution in [0.3, 0.4) is 0 Å². The van der Waals surface area contributed by atoms with Crippen LogP contribution in [0, 0.1) is 0 Å². The minimum absolute atomic E-state index is 0. The number of aryl methyl sites for hydroxylation is 1. The molecule has 0 saturated heterocycles. The third-order valence-electron chi connectivity index (χ3n) is 6.47. The molecule has 0 bridgehead atoms. The molecule has 2 aliphatic rings. The number of benzene rings is 3. The predicted octanol–water partition coefficient (Wildman–Crippen LogP) is 1.29. The van der Waals surface area contributed by atoms with Gasteiger partial charge in [0.2, 0.25) is 12.1 Å². The second-order valence-electron chi connectivity index (χ2n) is 8.33. The van der Waals surface area contributed by atoms with E-state index in [4.69, 9.17) is 4.74 Å². The monoisotopic (exact) mass is 474 g/mol. The van der Waals surface area contributed by atoms with Crippen molar-refractivity contribution >= 4 is 16.6 Å². The molecule has 1 atom stereocenters. The Balaban J connectivity index is 0.00000204. The molecule has 1 unspecified atom stereocenters. The highest BCUT2D eigenvalue weighted by molar-refractivity contribution is 5.99. The summed E-state index contributed by atoms with van der Waals surface area (Å²) in [5.74, 6) is 1.17. The van der Waals surface area contributed by atoms with E-state index in [1.165, 1.54) is 16.7 Å². The molecule has 0 radical (unpaired) electrons. The van der Waals surface area contributed by atoms with Crippen molar-refractivity contribution in [3.63, 3.8) is 0 Å². The zero-order valence-corrected chi connectivity index (χ0v) is 18.7. The van der Waals surface area contributed by atoms with Gasteiger partial charge >= 0.3 is 0 Å². The lowest BCUT2D eigenvalue weighted by Crippen LogP contribution is -3.00. The van der Waals surface area contributed by atoms with Gasteiger partial charge in [-0.2, -0.15) is 0 Å². The second-order valence-corrected chi connectivity index (χ2v) is 8.33. The molecule has 6 rings (SSSR count). The van der Waals surface area contributed by atoms with Crippen molar-refractivity contribution in [2.24, 2.45) is 0 Å². The number of carbonyl (C=O) groups excluding carboxylic acids is 1. The van der Waals surface area contributed by atoms with Crippen LogP contribution in [-0.2, 0) is 19.4 Å². The Labute approximate surface area is 191 Å². The lowest BCUT2D eigenvalue weighted by Gasteiger charge is -2.09. The summed E-state index contributed by atoms with van der Waals surface area (Å²) in [6, 6.07) is 19.0. The Morgan fingerprint density at radius 1 is 1.03 bits per heavy atom.